The van der Waals surface area contributed by atoms with E-state index in [1.807, 2.05) is 0 Å². The summed E-state index contributed by atoms with van der Waals surface area (Å²) in [7, 11) is 0. The molecule has 0 aliphatic heterocycles. The molecule has 0 atom stereocenters. The summed E-state index contributed by atoms with van der Waals surface area (Å²) in [6.07, 6.45) is 8.75. The number of hydrogen-bond donors (Lipinski definition) is 0. The van der Waals surface area contributed by atoms with E-state index in [1.54, 1.807) is 0 Å². The molecule has 0 unspecified atom stereocenters. The molecule has 0 saturated carbocycles. The fourth-order valence-corrected chi connectivity index (χ4v) is 6.35. The van der Waals surface area contributed by atoms with Gasteiger partial charge in [-0.15, -0.1) is 63.5 Å². The Morgan fingerprint density at radius 1 is 0.587 bits per heavy atom. The van der Waals surface area contributed by atoms with Crippen LogP contribution in [0.1, 0.15) is 75.8 Å². The summed E-state index contributed by atoms with van der Waals surface area (Å²) in [4.78, 5) is 0. The van der Waals surface area contributed by atoms with E-state index >= 15 is 0 Å². The van der Waals surface area contributed by atoms with Gasteiger partial charge in [0.15, 0.2) is 0 Å². The van der Waals surface area contributed by atoms with E-state index in [9.17, 15) is 0 Å². The van der Waals surface area contributed by atoms with Crippen molar-refractivity contribution in [2.75, 3.05) is 0 Å². The number of allylic oxidation sites excluding steroid dienone is 4. The van der Waals surface area contributed by atoms with Gasteiger partial charge in [0.25, 0.3) is 0 Å². The first-order valence-corrected chi connectivity index (χ1v) is 17.4. The zero-order valence-electron chi connectivity index (χ0n) is 28.1. The fraction of sp³-hybridized carbons (Fsp3) is 0.200. The van der Waals surface area contributed by atoms with Crippen LogP contribution in [-0.4, -0.2) is 3.21 Å². The summed E-state index contributed by atoms with van der Waals surface area (Å²) in [5, 5.41) is 5.39. The average Bonchev–Trinajstić information content (AvgIpc) is 3.74. The minimum atomic E-state index is 0.179. The van der Waals surface area contributed by atoms with Crippen molar-refractivity contribution in [1.29, 1.82) is 0 Å². The third-order valence-corrected chi connectivity index (χ3v) is 9.74. The minimum absolute atomic E-state index is 0.179. The molecule has 0 radical (unpaired) electrons. The van der Waals surface area contributed by atoms with E-state index in [2.05, 4.69) is 193 Å². The van der Waals surface area contributed by atoms with Gasteiger partial charge in [-0.05, 0) is 10.8 Å². The monoisotopic (exact) mass is 674 g/mol. The molecule has 6 aromatic rings. The average molecular weight is 676 g/mol. The van der Waals surface area contributed by atoms with Gasteiger partial charge in [0.05, 0.1) is 0 Å². The smallest absolute Gasteiger partial charge is 0.0771 e. The molecule has 1 heteroatoms. The molecule has 0 fully saturated rings. The second-order valence-electron chi connectivity index (χ2n) is 13.9. The van der Waals surface area contributed by atoms with Gasteiger partial charge in [-0.2, -0.15) is 17.7 Å². The van der Waals surface area contributed by atoms with Crippen LogP contribution in [0.2, 0.25) is 0 Å². The molecule has 0 bridgehead atoms. The summed E-state index contributed by atoms with van der Waals surface area (Å²) >= 11 is 1.46. The third-order valence-electron chi connectivity index (χ3n) is 8.32. The molecule has 7 rings (SSSR count). The van der Waals surface area contributed by atoms with Gasteiger partial charge < -0.3 is 0 Å². The van der Waals surface area contributed by atoms with Crippen LogP contribution in [0.5, 0.6) is 0 Å². The normalized spacial score (nSPS) is 12.7. The summed E-state index contributed by atoms with van der Waals surface area (Å²) in [5.74, 6) is 0. The largest absolute Gasteiger partial charge is 0.126 e. The molecule has 46 heavy (non-hydrogen) atoms. The minimum Gasteiger partial charge on any atom is -0.126 e. The van der Waals surface area contributed by atoms with Crippen molar-refractivity contribution in [2.24, 2.45) is 0 Å². The van der Waals surface area contributed by atoms with Gasteiger partial charge in [0, 0.05) is 0 Å². The summed E-state index contributed by atoms with van der Waals surface area (Å²) in [6.45, 7) is 13.7. The Labute approximate surface area is 291 Å². The molecular formula is C45H44Zr. The Bertz CT molecular complexity index is 1850. The predicted octanol–water partition coefficient (Wildman–Crippen LogP) is 11.9. The number of hydrogen-bond acceptors (Lipinski definition) is 0. The Hall–Kier alpha value is -3.80. The molecular weight excluding hydrogens is 632 g/mol. The first-order valence-electron chi connectivity index (χ1n) is 16.2. The molecule has 1 aliphatic carbocycles. The van der Waals surface area contributed by atoms with Gasteiger partial charge >= 0.3 is 99.2 Å². The van der Waals surface area contributed by atoms with Crippen LogP contribution in [-0.2, 0) is 35.1 Å². The standard InChI is InChI=1S/C19H25.C13H9.C13H10.Zr/c1-18(2,3)16-11-15(14-9-7-8-10-14)12-17(13-16)19(4,5)6;1-3-7-12-10(5-1)9-11-6-2-4-8-13(11)12;1-3-7-12(8-4-1)11-13-9-5-2-6-10-13;/h7,9,11-13H,8H2,1-6H3;1-9H;1-10H;/q2*-1;;+2. The van der Waals surface area contributed by atoms with Crippen LogP contribution < -0.4 is 0 Å². The first-order chi connectivity index (χ1) is 22.0. The Kier molecular flexibility index (Phi) is 10.8. The second kappa shape index (κ2) is 14.7. The van der Waals surface area contributed by atoms with Gasteiger partial charge in [0.2, 0.25) is 0 Å². The quantitative estimate of drug-likeness (QED) is 0.164. The number of fused-ring (bicyclic) bond motifs is 3. The molecule has 6 aromatic carbocycles. The van der Waals surface area contributed by atoms with E-state index in [4.69, 9.17) is 0 Å². The number of rotatable bonds is 3. The molecule has 0 heterocycles. The predicted molar refractivity (Wildman–Crippen MR) is 197 cm³/mol. The van der Waals surface area contributed by atoms with Crippen LogP contribution in [0.15, 0.2) is 146 Å². The van der Waals surface area contributed by atoms with Crippen molar-refractivity contribution in [3.63, 3.8) is 0 Å². The van der Waals surface area contributed by atoms with Crippen LogP contribution >= 0.6 is 0 Å². The van der Waals surface area contributed by atoms with Gasteiger partial charge in [-0.25, -0.2) is 0 Å². The van der Waals surface area contributed by atoms with Crippen molar-refractivity contribution < 1.29 is 24.2 Å². The zero-order chi connectivity index (χ0) is 32.7. The van der Waals surface area contributed by atoms with Gasteiger partial charge in [-0.1, -0.05) is 102 Å². The van der Waals surface area contributed by atoms with Crippen LogP contribution in [0.3, 0.4) is 0 Å². The molecule has 0 N–H and O–H groups in total. The van der Waals surface area contributed by atoms with E-state index in [0.717, 1.165) is 6.42 Å². The van der Waals surface area contributed by atoms with Crippen LogP contribution in [0.4, 0.5) is 0 Å². The molecule has 1 aliphatic rings. The molecule has 0 saturated heterocycles. The molecule has 0 spiro atoms. The van der Waals surface area contributed by atoms with Crippen molar-refractivity contribution in [3.05, 3.63) is 180 Å². The zero-order valence-corrected chi connectivity index (χ0v) is 30.5. The molecule has 0 amide bonds. The van der Waals surface area contributed by atoms with Crippen LogP contribution in [0, 0.1) is 6.08 Å². The van der Waals surface area contributed by atoms with Crippen LogP contribution in [0.25, 0.3) is 27.1 Å². The van der Waals surface area contributed by atoms with E-state index < -0.39 is 0 Å². The SMILES string of the molecule is CC(C)(C)c1cc(C2=[C-]CC=C2)cc(C(C)(C)C)c1.[Zr+2]=[C](c1ccccc1)c1ccccc1.c1ccc2c(c1)[cH-]c1ccccc12. The van der Waals surface area contributed by atoms with Crippen molar-refractivity contribution in [3.8, 4) is 0 Å². The van der Waals surface area contributed by atoms with Crippen molar-refractivity contribution >= 4 is 30.3 Å². The topological polar surface area (TPSA) is 0 Å². The van der Waals surface area contributed by atoms with Gasteiger partial charge in [0.1, 0.15) is 0 Å². The Morgan fingerprint density at radius 3 is 1.43 bits per heavy atom. The molecule has 0 aromatic heterocycles. The molecule has 0 nitrogen and oxygen atoms in total. The number of benzene rings is 5. The Morgan fingerprint density at radius 2 is 1.02 bits per heavy atom. The maximum absolute atomic E-state index is 3.44. The maximum Gasteiger partial charge on any atom is -0.0771 e. The van der Waals surface area contributed by atoms with Crippen molar-refractivity contribution in [1.82, 2.24) is 0 Å². The summed E-state index contributed by atoms with van der Waals surface area (Å²) < 4.78 is 1.42. The Balaban J connectivity index is 0.000000139. The third kappa shape index (κ3) is 8.51. The molecule has 228 valence electrons. The van der Waals surface area contributed by atoms with Crippen molar-refractivity contribution in [2.45, 2.75) is 58.8 Å². The van der Waals surface area contributed by atoms with E-state index in [-0.39, 0.29) is 10.8 Å². The fourth-order valence-electron chi connectivity index (χ4n) is 5.53. The first kappa shape index (κ1) is 33.6. The summed E-state index contributed by atoms with van der Waals surface area (Å²) in [5.41, 5.74) is 8.39. The second-order valence-corrected chi connectivity index (χ2v) is 15.2. The van der Waals surface area contributed by atoms with E-state index in [0.29, 0.717) is 0 Å². The van der Waals surface area contributed by atoms with E-state index in [1.165, 1.54) is 82.4 Å². The maximum atomic E-state index is 3.44. The summed E-state index contributed by atoms with van der Waals surface area (Å²) in [6, 6.07) is 47.4. The van der Waals surface area contributed by atoms with Gasteiger partial charge in [-0.3, -0.25) is 0 Å².